The topological polar surface area (TPSA) is 38.0 Å². The lowest BCUT2D eigenvalue weighted by atomic mass is 9.99. The fourth-order valence-electron chi connectivity index (χ4n) is 1.43. The molecule has 1 rings (SSSR count). The van der Waals surface area contributed by atoms with E-state index in [0.29, 0.717) is 5.56 Å². The maximum Gasteiger partial charge on any atom is 0.342 e. The Morgan fingerprint density at radius 3 is 2.47 bits per heavy atom. The molecule has 0 aliphatic carbocycles. The van der Waals surface area contributed by atoms with Crippen molar-refractivity contribution >= 4 is 11.6 Å². The van der Waals surface area contributed by atoms with Crippen LogP contribution in [-0.4, -0.2) is 5.38 Å². The Bertz CT molecular complexity index is 350. The smallest absolute Gasteiger partial charge is 0.271 e. The minimum atomic E-state index is -3.41. The molecular formula is C10H13ClF2N2. The Labute approximate surface area is 92.4 Å². The maximum atomic E-state index is 13.0. The first-order chi connectivity index (χ1) is 6.86. The van der Waals surface area contributed by atoms with E-state index in [-0.39, 0.29) is 0 Å². The van der Waals surface area contributed by atoms with Crippen LogP contribution >= 0.6 is 11.6 Å². The molecule has 0 aliphatic heterocycles. The van der Waals surface area contributed by atoms with Gasteiger partial charge in [0.2, 0.25) is 0 Å². The molecule has 0 amide bonds. The van der Waals surface area contributed by atoms with E-state index in [4.69, 9.17) is 17.4 Å². The monoisotopic (exact) mass is 234 g/mol. The summed E-state index contributed by atoms with van der Waals surface area (Å²) in [5, 5.41) is -3.41. The van der Waals surface area contributed by atoms with E-state index in [1.165, 1.54) is 0 Å². The van der Waals surface area contributed by atoms with Crippen molar-refractivity contribution in [1.82, 2.24) is 5.43 Å². The van der Waals surface area contributed by atoms with Gasteiger partial charge < -0.3 is 0 Å². The van der Waals surface area contributed by atoms with Crippen LogP contribution in [0.5, 0.6) is 0 Å². The van der Waals surface area contributed by atoms with Gasteiger partial charge in [-0.15, -0.1) is 0 Å². The summed E-state index contributed by atoms with van der Waals surface area (Å²) in [5.74, 6) is 5.10. The van der Waals surface area contributed by atoms with Crippen molar-refractivity contribution in [3.05, 3.63) is 34.9 Å². The third kappa shape index (κ3) is 2.87. The van der Waals surface area contributed by atoms with Crippen LogP contribution in [0.1, 0.15) is 22.7 Å². The van der Waals surface area contributed by atoms with E-state index in [1.807, 2.05) is 18.4 Å². The molecule has 5 heteroatoms. The zero-order valence-corrected chi connectivity index (χ0v) is 9.28. The summed E-state index contributed by atoms with van der Waals surface area (Å²) in [7, 11) is 0. The van der Waals surface area contributed by atoms with E-state index in [9.17, 15) is 8.78 Å². The van der Waals surface area contributed by atoms with Crippen molar-refractivity contribution in [3.8, 4) is 0 Å². The fraction of sp³-hybridized carbons (Fsp3) is 0.400. The SMILES string of the molecule is Cc1ccc(C)c(C(NN)C(F)(F)Cl)c1. The zero-order chi connectivity index (χ0) is 11.6. The number of hydrazine groups is 1. The van der Waals surface area contributed by atoms with Crippen LogP contribution in [0.15, 0.2) is 18.2 Å². The molecule has 0 aliphatic rings. The van der Waals surface area contributed by atoms with Gasteiger partial charge in [-0.1, -0.05) is 23.8 Å². The molecule has 0 saturated carbocycles. The van der Waals surface area contributed by atoms with Crippen LogP contribution in [0.25, 0.3) is 0 Å². The van der Waals surface area contributed by atoms with Crippen molar-refractivity contribution in [1.29, 1.82) is 0 Å². The molecule has 0 heterocycles. The molecule has 0 saturated heterocycles. The molecule has 84 valence electrons. The molecule has 2 nitrogen and oxygen atoms in total. The molecular weight excluding hydrogens is 222 g/mol. The number of benzene rings is 1. The van der Waals surface area contributed by atoms with Crippen LogP contribution < -0.4 is 11.3 Å². The standard InChI is InChI=1S/C10H13ClF2N2/c1-6-3-4-7(2)8(5-6)9(15-14)10(11,12)13/h3-5,9,15H,14H2,1-2H3. The number of alkyl halides is 3. The van der Waals surface area contributed by atoms with Crippen molar-refractivity contribution in [2.45, 2.75) is 25.3 Å². The number of nitrogens with two attached hydrogens (primary N) is 1. The third-order valence-corrected chi connectivity index (χ3v) is 2.46. The van der Waals surface area contributed by atoms with Crippen LogP contribution in [-0.2, 0) is 0 Å². The highest BCUT2D eigenvalue weighted by Crippen LogP contribution is 2.35. The second-order valence-corrected chi connectivity index (χ2v) is 4.01. The molecule has 1 unspecified atom stereocenters. The molecule has 0 aromatic heterocycles. The highest BCUT2D eigenvalue weighted by atomic mass is 35.5. The van der Waals surface area contributed by atoms with Crippen LogP contribution in [0.3, 0.4) is 0 Å². The number of nitrogens with one attached hydrogen (secondary N) is 1. The maximum absolute atomic E-state index is 13.0. The predicted octanol–water partition coefficient (Wildman–Crippen LogP) is 2.64. The summed E-state index contributed by atoms with van der Waals surface area (Å²) in [4.78, 5) is 0. The van der Waals surface area contributed by atoms with Crippen molar-refractivity contribution in [2.24, 2.45) is 5.84 Å². The van der Waals surface area contributed by atoms with Crippen LogP contribution in [0.4, 0.5) is 8.78 Å². The van der Waals surface area contributed by atoms with Gasteiger partial charge in [0.05, 0.1) is 0 Å². The van der Waals surface area contributed by atoms with E-state index in [1.54, 1.807) is 19.1 Å². The summed E-state index contributed by atoms with van der Waals surface area (Å²) in [6, 6.07) is 3.88. The Kier molecular flexibility index (Phi) is 3.65. The van der Waals surface area contributed by atoms with Gasteiger partial charge >= 0.3 is 5.38 Å². The van der Waals surface area contributed by atoms with Gasteiger partial charge in [-0.05, 0) is 36.6 Å². The second kappa shape index (κ2) is 4.43. The average molecular weight is 235 g/mol. The highest BCUT2D eigenvalue weighted by Gasteiger charge is 2.38. The fourth-order valence-corrected chi connectivity index (χ4v) is 1.61. The number of hydrogen-bond acceptors (Lipinski definition) is 2. The molecule has 1 aromatic carbocycles. The number of rotatable bonds is 3. The number of halogens is 3. The zero-order valence-electron chi connectivity index (χ0n) is 8.52. The normalized spacial score (nSPS) is 14.0. The lowest BCUT2D eigenvalue weighted by molar-refractivity contribution is 0.0495. The molecule has 0 bridgehead atoms. The summed E-state index contributed by atoms with van der Waals surface area (Å²) in [5.41, 5.74) is 4.07. The molecule has 0 radical (unpaired) electrons. The average Bonchev–Trinajstić information content (AvgIpc) is 2.10. The van der Waals surface area contributed by atoms with Crippen molar-refractivity contribution in [2.75, 3.05) is 0 Å². The van der Waals surface area contributed by atoms with Crippen molar-refractivity contribution in [3.63, 3.8) is 0 Å². The van der Waals surface area contributed by atoms with Crippen LogP contribution in [0, 0.1) is 13.8 Å². The molecule has 15 heavy (non-hydrogen) atoms. The first kappa shape index (κ1) is 12.4. The van der Waals surface area contributed by atoms with Crippen molar-refractivity contribution < 1.29 is 8.78 Å². The Morgan fingerprint density at radius 1 is 1.40 bits per heavy atom. The first-order valence-corrected chi connectivity index (χ1v) is 4.84. The summed E-state index contributed by atoms with van der Waals surface area (Å²) < 4.78 is 26.0. The van der Waals surface area contributed by atoms with Gasteiger partial charge in [-0.2, -0.15) is 8.78 Å². The molecule has 1 atom stereocenters. The summed E-state index contributed by atoms with van der Waals surface area (Å²) >= 11 is 4.98. The van der Waals surface area contributed by atoms with Gasteiger partial charge in [-0.3, -0.25) is 5.84 Å². The Morgan fingerprint density at radius 2 is 2.00 bits per heavy atom. The van der Waals surface area contributed by atoms with E-state index >= 15 is 0 Å². The predicted molar refractivity (Wildman–Crippen MR) is 56.8 cm³/mol. The quantitative estimate of drug-likeness (QED) is 0.479. The largest absolute Gasteiger partial charge is 0.342 e. The highest BCUT2D eigenvalue weighted by molar-refractivity contribution is 6.22. The third-order valence-electron chi connectivity index (χ3n) is 2.24. The minimum Gasteiger partial charge on any atom is -0.271 e. The van der Waals surface area contributed by atoms with E-state index in [2.05, 4.69) is 0 Å². The molecule has 3 N–H and O–H groups in total. The van der Waals surface area contributed by atoms with E-state index in [0.717, 1.165) is 11.1 Å². The summed E-state index contributed by atoms with van der Waals surface area (Å²) in [6.07, 6.45) is 0. The van der Waals surface area contributed by atoms with E-state index < -0.39 is 11.4 Å². The molecule has 0 fully saturated rings. The second-order valence-electron chi connectivity index (χ2n) is 3.50. The molecule has 0 spiro atoms. The summed E-state index contributed by atoms with van der Waals surface area (Å²) in [6.45, 7) is 3.56. The van der Waals surface area contributed by atoms with Gasteiger partial charge in [0.1, 0.15) is 6.04 Å². The Balaban J connectivity index is 3.18. The lowest BCUT2D eigenvalue weighted by Crippen LogP contribution is -2.38. The molecule has 1 aromatic rings. The van der Waals surface area contributed by atoms with Crippen LogP contribution in [0.2, 0.25) is 0 Å². The van der Waals surface area contributed by atoms with Gasteiger partial charge in [0, 0.05) is 0 Å². The number of hydrogen-bond donors (Lipinski definition) is 2. The number of aryl methyl sites for hydroxylation is 2. The van der Waals surface area contributed by atoms with Gasteiger partial charge in [0.25, 0.3) is 0 Å². The Hall–Kier alpha value is -0.710. The van der Waals surface area contributed by atoms with Gasteiger partial charge in [0.15, 0.2) is 0 Å². The lowest BCUT2D eigenvalue weighted by Gasteiger charge is -2.23. The first-order valence-electron chi connectivity index (χ1n) is 4.46. The van der Waals surface area contributed by atoms with Gasteiger partial charge in [-0.25, -0.2) is 5.43 Å². The minimum absolute atomic E-state index is 0.414.